The van der Waals surface area contributed by atoms with Gasteiger partial charge >= 0.3 is 0 Å². The zero-order valence-electron chi connectivity index (χ0n) is 12.9. The van der Waals surface area contributed by atoms with E-state index in [1.54, 1.807) is 6.26 Å². The van der Waals surface area contributed by atoms with Crippen LogP contribution in [0, 0.1) is 6.92 Å². The molecule has 1 aromatic carbocycles. The highest BCUT2D eigenvalue weighted by Gasteiger charge is 2.21. The van der Waals surface area contributed by atoms with E-state index in [2.05, 4.69) is 41.1 Å². The fraction of sp³-hybridized carbons (Fsp3) is 0.412. The molecule has 1 aliphatic rings. The van der Waals surface area contributed by atoms with Crippen LogP contribution in [-0.4, -0.2) is 42.0 Å². The Hall–Kier alpha value is -2.30. The highest BCUT2D eigenvalue weighted by atomic mass is 16.3. The largest absolute Gasteiger partial charge is 0.451 e. The molecular weight excluding hydrogens is 278 g/mol. The SMILES string of the molecule is Cc1cccc(N2CCN(C(=O)CCc3cocn3)CC2)c1. The first kappa shape index (κ1) is 14.6. The molecule has 3 rings (SSSR count). The van der Waals surface area contributed by atoms with E-state index >= 15 is 0 Å². The lowest BCUT2D eigenvalue weighted by molar-refractivity contribution is -0.131. The van der Waals surface area contributed by atoms with E-state index in [1.165, 1.54) is 17.6 Å². The van der Waals surface area contributed by atoms with Crippen LogP contribution in [0.2, 0.25) is 0 Å². The van der Waals surface area contributed by atoms with Crippen LogP contribution in [-0.2, 0) is 11.2 Å². The fourth-order valence-electron chi connectivity index (χ4n) is 2.79. The van der Waals surface area contributed by atoms with Gasteiger partial charge in [-0.1, -0.05) is 12.1 Å². The van der Waals surface area contributed by atoms with Crippen LogP contribution in [0.25, 0.3) is 0 Å². The van der Waals surface area contributed by atoms with E-state index in [1.807, 2.05) is 4.90 Å². The predicted octanol–water partition coefficient (Wildman–Crippen LogP) is 2.26. The minimum Gasteiger partial charge on any atom is -0.451 e. The molecule has 0 radical (unpaired) electrons. The van der Waals surface area contributed by atoms with Gasteiger partial charge in [-0.15, -0.1) is 0 Å². The monoisotopic (exact) mass is 299 g/mol. The summed E-state index contributed by atoms with van der Waals surface area (Å²) in [6, 6.07) is 8.52. The van der Waals surface area contributed by atoms with Crippen LogP contribution in [0.15, 0.2) is 41.3 Å². The summed E-state index contributed by atoms with van der Waals surface area (Å²) in [6.07, 6.45) is 4.15. The molecule has 0 unspecified atom stereocenters. The first-order chi connectivity index (χ1) is 10.7. The van der Waals surface area contributed by atoms with Gasteiger partial charge in [-0.25, -0.2) is 4.98 Å². The number of benzene rings is 1. The molecule has 1 saturated heterocycles. The van der Waals surface area contributed by atoms with Gasteiger partial charge in [0.05, 0.1) is 5.69 Å². The van der Waals surface area contributed by atoms with E-state index in [-0.39, 0.29) is 5.91 Å². The lowest BCUT2D eigenvalue weighted by Crippen LogP contribution is -2.48. The summed E-state index contributed by atoms with van der Waals surface area (Å²) in [7, 11) is 0. The Balaban J connectivity index is 1.49. The molecule has 22 heavy (non-hydrogen) atoms. The molecule has 2 aromatic rings. The van der Waals surface area contributed by atoms with Crippen LogP contribution < -0.4 is 4.90 Å². The summed E-state index contributed by atoms with van der Waals surface area (Å²) in [5, 5.41) is 0. The Kier molecular flexibility index (Phi) is 4.42. The van der Waals surface area contributed by atoms with Crippen molar-refractivity contribution in [1.82, 2.24) is 9.88 Å². The first-order valence-corrected chi connectivity index (χ1v) is 7.69. The maximum atomic E-state index is 12.2. The number of aryl methyl sites for hydroxylation is 2. The van der Waals surface area contributed by atoms with Crippen molar-refractivity contribution >= 4 is 11.6 Å². The van der Waals surface area contributed by atoms with E-state index < -0.39 is 0 Å². The van der Waals surface area contributed by atoms with Crippen LogP contribution in [0.5, 0.6) is 0 Å². The Morgan fingerprint density at radius 2 is 2.09 bits per heavy atom. The Morgan fingerprint density at radius 1 is 1.27 bits per heavy atom. The third kappa shape index (κ3) is 3.47. The summed E-state index contributed by atoms with van der Waals surface area (Å²) >= 11 is 0. The summed E-state index contributed by atoms with van der Waals surface area (Å²) < 4.78 is 4.92. The Labute approximate surface area is 130 Å². The second-order valence-corrected chi connectivity index (χ2v) is 5.69. The first-order valence-electron chi connectivity index (χ1n) is 7.69. The Morgan fingerprint density at radius 3 is 2.77 bits per heavy atom. The maximum absolute atomic E-state index is 12.2. The third-order valence-electron chi connectivity index (χ3n) is 4.08. The summed E-state index contributed by atoms with van der Waals surface area (Å²) in [5.41, 5.74) is 3.35. The molecule has 1 aromatic heterocycles. The highest BCUT2D eigenvalue weighted by molar-refractivity contribution is 5.76. The molecule has 0 bridgehead atoms. The second-order valence-electron chi connectivity index (χ2n) is 5.69. The summed E-state index contributed by atoms with van der Waals surface area (Å²) in [5.74, 6) is 0.201. The van der Waals surface area contributed by atoms with Crippen molar-refractivity contribution < 1.29 is 9.21 Å². The summed E-state index contributed by atoms with van der Waals surface area (Å²) in [6.45, 7) is 5.45. The van der Waals surface area contributed by atoms with Gasteiger partial charge in [0, 0.05) is 44.7 Å². The van der Waals surface area contributed by atoms with E-state index in [9.17, 15) is 4.79 Å². The zero-order chi connectivity index (χ0) is 15.4. The van der Waals surface area contributed by atoms with Crippen LogP contribution in [0.3, 0.4) is 0 Å². The second kappa shape index (κ2) is 6.64. The number of hydrogen-bond donors (Lipinski definition) is 0. The number of piperazine rings is 1. The van der Waals surface area contributed by atoms with Crippen molar-refractivity contribution in [2.45, 2.75) is 19.8 Å². The number of hydrogen-bond acceptors (Lipinski definition) is 4. The third-order valence-corrected chi connectivity index (χ3v) is 4.08. The van der Waals surface area contributed by atoms with Crippen LogP contribution >= 0.6 is 0 Å². The average molecular weight is 299 g/mol. The number of nitrogens with zero attached hydrogens (tertiary/aromatic N) is 3. The number of carbonyl (C=O) groups excluding carboxylic acids is 1. The van der Waals surface area contributed by atoms with Gasteiger partial charge in [0.1, 0.15) is 6.26 Å². The zero-order valence-corrected chi connectivity index (χ0v) is 12.9. The minimum absolute atomic E-state index is 0.201. The molecule has 0 spiro atoms. The van der Waals surface area contributed by atoms with Crippen molar-refractivity contribution in [3.8, 4) is 0 Å². The van der Waals surface area contributed by atoms with Crippen LogP contribution in [0.1, 0.15) is 17.7 Å². The van der Waals surface area contributed by atoms with Gasteiger partial charge in [-0.3, -0.25) is 4.79 Å². The molecule has 0 atom stereocenters. The Bertz CT molecular complexity index is 617. The van der Waals surface area contributed by atoms with Crippen molar-refractivity contribution in [3.63, 3.8) is 0 Å². The topological polar surface area (TPSA) is 49.6 Å². The van der Waals surface area contributed by atoms with Gasteiger partial charge in [-0.05, 0) is 24.6 Å². The fourth-order valence-corrected chi connectivity index (χ4v) is 2.79. The molecule has 116 valence electrons. The van der Waals surface area contributed by atoms with Crippen LogP contribution in [0.4, 0.5) is 5.69 Å². The number of aromatic nitrogens is 1. The lowest BCUT2D eigenvalue weighted by atomic mass is 10.1. The molecule has 1 fully saturated rings. The minimum atomic E-state index is 0.201. The number of oxazole rings is 1. The molecular formula is C17H21N3O2. The number of amides is 1. The van der Waals surface area contributed by atoms with E-state index in [0.717, 1.165) is 31.9 Å². The molecule has 1 aliphatic heterocycles. The van der Waals surface area contributed by atoms with Crippen molar-refractivity contribution in [1.29, 1.82) is 0 Å². The lowest BCUT2D eigenvalue weighted by Gasteiger charge is -2.36. The van der Waals surface area contributed by atoms with Crippen molar-refractivity contribution in [2.75, 3.05) is 31.1 Å². The number of anilines is 1. The molecule has 0 saturated carbocycles. The smallest absolute Gasteiger partial charge is 0.223 e. The maximum Gasteiger partial charge on any atom is 0.223 e. The summed E-state index contributed by atoms with van der Waals surface area (Å²) in [4.78, 5) is 20.6. The van der Waals surface area contributed by atoms with Gasteiger partial charge in [0.25, 0.3) is 0 Å². The van der Waals surface area contributed by atoms with Crippen molar-refractivity contribution in [2.24, 2.45) is 0 Å². The average Bonchev–Trinajstić information content (AvgIpc) is 3.06. The normalized spacial score (nSPS) is 15.1. The molecule has 0 aliphatic carbocycles. The number of rotatable bonds is 4. The van der Waals surface area contributed by atoms with Gasteiger partial charge in [-0.2, -0.15) is 0 Å². The molecule has 5 heteroatoms. The van der Waals surface area contributed by atoms with Gasteiger partial charge < -0.3 is 14.2 Å². The number of carbonyl (C=O) groups is 1. The van der Waals surface area contributed by atoms with E-state index in [4.69, 9.17) is 4.42 Å². The predicted molar refractivity (Wildman–Crippen MR) is 84.8 cm³/mol. The molecule has 5 nitrogen and oxygen atoms in total. The quantitative estimate of drug-likeness (QED) is 0.869. The van der Waals surface area contributed by atoms with Gasteiger partial charge in [0.2, 0.25) is 5.91 Å². The van der Waals surface area contributed by atoms with E-state index in [0.29, 0.717) is 12.8 Å². The molecule has 1 amide bonds. The van der Waals surface area contributed by atoms with Crippen molar-refractivity contribution in [3.05, 3.63) is 48.2 Å². The molecule has 2 heterocycles. The van der Waals surface area contributed by atoms with Gasteiger partial charge in [0.15, 0.2) is 6.39 Å². The standard InChI is InChI=1S/C17H21N3O2/c1-14-3-2-4-16(11-14)19-7-9-20(10-8-19)17(21)6-5-15-12-22-13-18-15/h2-4,11-13H,5-10H2,1H3. The highest BCUT2D eigenvalue weighted by Crippen LogP contribution is 2.18. The molecule has 0 N–H and O–H groups in total.